The zero-order valence-corrected chi connectivity index (χ0v) is 15.3. The molecule has 27 heavy (non-hydrogen) atoms. The van der Waals surface area contributed by atoms with Crippen LogP contribution in [0.15, 0.2) is 42.5 Å². The molecule has 0 bridgehead atoms. The molecule has 0 aromatic heterocycles. The number of nitrogens with one attached hydrogen (secondary N) is 3. The van der Waals surface area contributed by atoms with E-state index < -0.39 is 6.04 Å². The van der Waals surface area contributed by atoms with Gasteiger partial charge >= 0.3 is 0 Å². The average molecular weight is 388 g/mol. The molecule has 3 N–H and O–H groups in total. The van der Waals surface area contributed by atoms with E-state index in [0.717, 1.165) is 0 Å². The van der Waals surface area contributed by atoms with Crippen LogP contribution in [0.5, 0.6) is 5.75 Å². The molecule has 2 aromatic rings. The van der Waals surface area contributed by atoms with Crippen LogP contribution in [0.1, 0.15) is 23.2 Å². The molecular formula is C19H18ClN3O4. The molecule has 3 amide bonds. The van der Waals surface area contributed by atoms with Crippen molar-refractivity contribution in [1.82, 2.24) is 5.32 Å². The standard InChI is InChI=1S/C19H18ClN3O4/c1-27-16-8-6-11(10-13(16)20)21-17(24)9-7-15-19(26)22-14-5-3-2-4-12(14)18(25)23-15/h2-6,8,10,15H,7,9H2,1H3,(H,21,24)(H,22,26)(H,23,25)/t15-/m0/s1. The lowest BCUT2D eigenvalue weighted by Crippen LogP contribution is -2.41. The molecule has 2 aromatic carbocycles. The predicted octanol–water partition coefficient (Wildman–Crippen LogP) is 2.82. The number of amides is 3. The van der Waals surface area contributed by atoms with Crippen LogP contribution < -0.4 is 20.7 Å². The first-order valence-electron chi connectivity index (χ1n) is 8.32. The van der Waals surface area contributed by atoms with Gasteiger partial charge in [-0.05, 0) is 36.8 Å². The second-order valence-corrected chi connectivity index (χ2v) is 6.40. The minimum absolute atomic E-state index is 0.0539. The van der Waals surface area contributed by atoms with E-state index in [1.165, 1.54) is 7.11 Å². The van der Waals surface area contributed by atoms with Gasteiger partial charge in [0.1, 0.15) is 11.8 Å². The maximum atomic E-state index is 12.3. The van der Waals surface area contributed by atoms with Crippen molar-refractivity contribution in [3.05, 3.63) is 53.1 Å². The Morgan fingerprint density at radius 2 is 2.00 bits per heavy atom. The fourth-order valence-electron chi connectivity index (χ4n) is 2.76. The number of methoxy groups -OCH3 is 1. The number of benzene rings is 2. The van der Waals surface area contributed by atoms with E-state index in [4.69, 9.17) is 16.3 Å². The minimum atomic E-state index is -0.796. The van der Waals surface area contributed by atoms with Gasteiger partial charge in [-0.2, -0.15) is 0 Å². The summed E-state index contributed by atoms with van der Waals surface area (Å²) in [6.45, 7) is 0. The van der Waals surface area contributed by atoms with Gasteiger partial charge in [0, 0.05) is 12.1 Å². The number of anilines is 2. The van der Waals surface area contributed by atoms with Crippen molar-refractivity contribution < 1.29 is 19.1 Å². The van der Waals surface area contributed by atoms with Gasteiger partial charge in [-0.25, -0.2) is 0 Å². The zero-order chi connectivity index (χ0) is 19.4. The van der Waals surface area contributed by atoms with E-state index in [9.17, 15) is 14.4 Å². The summed E-state index contributed by atoms with van der Waals surface area (Å²) in [5.74, 6) is -0.489. The van der Waals surface area contributed by atoms with E-state index >= 15 is 0 Å². The van der Waals surface area contributed by atoms with Gasteiger partial charge in [0.25, 0.3) is 5.91 Å². The van der Waals surface area contributed by atoms with E-state index in [0.29, 0.717) is 27.7 Å². The summed E-state index contributed by atoms with van der Waals surface area (Å²) in [7, 11) is 1.50. The third kappa shape index (κ3) is 4.38. The highest BCUT2D eigenvalue weighted by molar-refractivity contribution is 6.32. The summed E-state index contributed by atoms with van der Waals surface area (Å²) in [6.07, 6.45) is 0.222. The molecule has 7 nitrogen and oxygen atoms in total. The maximum Gasteiger partial charge on any atom is 0.254 e. The minimum Gasteiger partial charge on any atom is -0.495 e. The Morgan fingerprint density at radius 1 is 1.22 bits per heavy atom. The van der Waals surface area contributed by atoms with Gasteiger partial charge in [-0.15, -0.1) is 0 Å². The van der Waals surface area contributed by atoms with Gasteiger partial charge in [-0.1, -0.05) is 23.7 Å². The summed E-state index contributed by atoms with van der Waals surface area (Å²) in [5.41, 5.74) is 1.37. The summed E-state index contributed by atoms with van der Waals surface area (Å²) < 4.78 is 5.06. The van der Waals surface area contributed by atoms with Crippen LogP contribution in [-0.2, 0) is 9.59 Å². The van der Waals surface area contributed by atoms with Crippen LogP contribution in [0.4, 0.5) is 11.4 Å². The third-order valence-corrected chi connectivity index (χ3v) is 4.44. The largest absolute Gasteiger partial charge is 0.495 e. The van der Waals surface area contributed by atoms with E-state index in [1.807, 2.05) is 0 Å². The maximum absolute atomic E-state index is 12.3. The topological polar surface area (TPSA) is 96.5 Å². The molecule has 1 atom stereocenters. The SMILES string of the molecule is COc1ccc(NC(=O)CC[C@@H]2NC(=O)c3ccccc3NC2=O)cc1Cl. The van der Waals surface area contributed by atoms with Crippen LogP contribution in [-0.4, -0.2) is 30.9 Å². The molecule has 0 aliphatic carbocycles. The molecule has 0 radical (unpaired) electrons. The Balaban J connectivity index is 1.59. The van der Waals surface area contributed by atoms with E-state index in [-0.39, 0.29) is 30.6 Å². The smallest absolute Gasteiger partial charge is 0.254 e. The fraction of sp³-hybridized carbons (Fsp3) is 0.211. The van der Waals surface area contributed by atoms with Gasteiger partial charge in [-0.3, -0.25) is 14.4 Å². The molecule has 140 valence electrons. The third-order valence-electron chi connectivity index (χ3n) is 4.15. The Bertz CT molecular complexity index is 900. The number of rotatable bonds is 5. The van der Waals surface area contributed by atoms with Crippen LogP contribution in [0, 0.1) is 0 Å². The van der Waals surface area contributed by atoms with Crippen LogP contribution >= 0.6 is 11.6 Å². The number of para-hydroxylation sites is 1. The lowest BCUT2D eigenvalue weighted by atomic mass is 10.1. The highest BCUT2D eigenvalue weighted by Crippen LogP contribution is 2.27. The molecule has 0 fully saturated rings. The first-order chi connectivity index (χ1) is 13.0. The van der Waals surface area contributed by atoms with Crippen molar-refractivity contribution in [2.75, 3.05) is 17.7 Å². The molecule has 8 heteroatoms. The Morgan fingerprint density at radius 3 is 2.74 bits per heavy atom. The summed E-state index contributed by atoms with van der Waals surface area (Å²) in [5, 5.41) is 8.46. The molecule has 3 rings (SSSR count). The Hall–Kier alpha value is -3.06. The van der Waals surface area contributed by atoms with Gasteiger partial charge in [0.05, 0.1) is 23.4 Å². The van der Waals surface area contributed by atoms with Gasteiger partial charge in [0.2, 0.25) is 11.8 Å². The Kier molecular flexibility index (Phi) is 5.61. The van der Waals surface area contributed by atoms with Crippen molar-refractivity contribution in [3.8, 4) is 5.75 Å². The van der Waals surface area contributed by atoms with Crippen LogP contribution in [0.2, 0.25) is 5.02 Å². The zero-order valence-electron chi connectivity index (χ0n) is 14.5. The quantitative estimate of drug-likeness (QED) is 0.735. The summed E-state index contributed by atoms with van der Waals surface area (Å²) in [4.78, 5) is 36.8. The fourth-order valence-corrected chi connectivity index (χ4v) is 3.02. The van der Waals surface area contributed by atoms with Crippen molar-refractivity contribution in [1.29, 1.82) is 0 Å². The van der Waals surface area contributed by atoms with Gasteiger partial charge < -0.3 is 20.7 Å². The van der Waals surface area contributed by atoms with Crippen molar-refractivity contribution in [2.24, 2.45) is 0 Å². The molecule has 1 aliphatic heterocycles. The monoisotopic (exact) mass is 387 g/mol. The van der Waals surface area contributed by atoms with Crippen molar-refractivity contribution in [3.63, 3.8) is 0 Å². The molecule has 1 heterocycles. The summed E-state index contributed by atoms with van der Waals surface area (Å²) >= 11 is 6.03. The number of halogens is 1. The molecule has 0 spiro atoms. The normalized spacial score (nSPS) is 15.9. The number of hydrogen-bond acceptors (Lipinski definition) is 4. The summed E-state index contributed by atoms with van der Waals surface area (Å²) in [6, 6.07) is 10.8. The van der Waals surface area contributed by atoms with E-state index in [1.54, 1.807) is 42.5 Å². The first kappa shape index (κ1) is 18.7. The molecule has 0 unspecified atom stereocenters. The molecule has 0 saturated carbocycles. The van der Waals surface area contributed by atoms with Crippen LogP contribution in [0.3, 0.4) is 0 Å². The first-order valence-corrected chi connectivity index (χ1v) is 8.70. The lowest BCUT2D eigenvalue weighted by molar-refractivity contribution is -0.118. The number of carbonyl (C=O) groups excluding carboxylic acids is 3. The van der Waals surface area contributed by atoms with Gasteiger partial charge in [0.15, 0.2) is 0 Å². The second-order valence-electron chi connectivity index (χ2n) is 6.00. The highest BCUT2D eigenvalue weighted by Gasteiger charge is 2.27. The van der Waals surface area contributed by atoms with Crippen LogP contribution in [0.25, 0.3) is 0 Å². The number of carbonyl (C=O) groups is 3. The van der Waals surface area contributed by atoms with Crippen molar-refractivity contribution in [2.45, 2.75) is 18.9 Å². The molecule has 1 aliphatic rings. The predicted molar refractivity (Wildman–Crippen MR) is 102 cm³/mol. The highest BCUT2D eigenvalue weighted by atomic mass is 35.5. The van der Waals surface area contributed by atoms with E-state index in [2.05, 4.69) is 16.0 Å². The molecule has 0 saturated heterocycles. The molecular weight excluding hydrogens is 370 g/mol. The number of ether oxygens (including phenoxy) is 1. The second kappa shape index (κ2) is 8.09. The Labute approximate surface area is 161 Å². The number of hydrogen-bond donors (Lipinski definition) is 3. The lowest BCUT2D eigenvalue weighted by Gasteiger charge is -2.14. The number of fused-ring (bicyclic) bond motifs is 1. The van der Waals surface area contributed by atoms with Crippen molar-refractivity contribution >= 4 is 40.7 Å². The average Bonchev–Trinajstić information content (AvgIpc) is 2.76.